The number of nitrogens with zero attached hydrogens (tertiary/aromatic N) is 4. The van der Waals surface area contributed by atoms with Crippen LogP contribution in [0, 0.1) is 20.7 Å². The average molecular weight is 1190 g/mol. The lowest BCUT2D eigenvalue weighted by Crippen LogP contribution is -2.59. The van der Waals surface area contributed by atoms with Gasteiger partial charge in [-0.2, -0.15) is 0 Å². The van der Waals surface area contributed by atoms with Crippen LogP contribution in [0.15, 0.2) is 255 Å². The maximum absolute atomic E-state index is 8.97. The van der Waals surface area contributed by atoms with Crippen molar-refractivity contribution in [1.82, 2.24) is 4.57 Å². The Morgan fingerprint density at radius 3 is 1.68 bits per heavy atom. The molecule has 1 aromatic heterocycles. The van der Waals surface area contributed by atoms with Crippen LogP contribution in [0.5, 0.6) is 11.5 Å². The lowest BCUT2D eigenvalue weighted by molar-refractivity contribution is 0.487. The van der Waals surface area contributed by atoms with Gasteiger partial charge in [0.2, 0.25) is 0 Å². The maximum atomic E-state index is 8.97. The molecule has 12 aromatic carbocycles. The van der Waals surface area contributed by atoms with Gasteiger partial charge in [0.05, 0.1) is 11.0 Å². The first-order valence-corrected chi connectivity index (χ1v) is 32.3. The molecule has 2 aliphatic heterocycles. The Hall–Kier alpha value is -10.3. The Kier molecular flexibility index (Phi) is 12.3. The number of hydrogen-bond acceptors (Lipinski definition) is 4. The van der Waals surface area contributed by atoms with E-state index in [0.717, 1.165) is 107 Å². The Morgan fingerprint density at radius 1 is 0.435 bits per heavy atom. The van der Waals surface area contributed by atoms with Crippen molar-refractivity contribution in [3.63, 3.8) is 0 Å². The molecule has 0 radical (unpaired) electrons. The van der Waals surface area contributed by atoms with Crippen molar-refractivity contribution in [3.05, 3.63) is 294 Å². The summed E-state index contributed by atoms with van der Waals surface area (Å²) < 4.78 is 36.5. The molecule has 0 spiro atoms. The summed E-state index contributed by atoms with van der Waals surface area (Å²) in [5.41, 5.74) is 27.4. The number of para-hydroxylation sites is 4. The predicted molar refractivity (Wildman–Crippen MR) is 391 cm³/mol. The quantitative estimate of drug-likeness (QED) is 0.134. The minimum Gasteiger partial charge on any atom is -0.458 e. The molecule has 5 nitrogen and oxygen atoms in total. The number of benzene rings is 12. The van der Waals surface area contributed by atoms with E-state index in [9.17, 15) is 0 Å². The summed E-state index contributed by atoms with van der Waals surface area (Å²) in [6.07, 6.45) is 0. The molecular formula is C86H75BN4O. The highest BCUT2D eigenvalue weighted by atomic mass is 16.5. The number of fused-ring (bicyclic) bond motifs is 10. The van der Waals surface area contributed by atoms with Gasteiger partial charge < -0.3 is 24.0 Å². The van der Waals surface area contributed by atoms with Gasteiger partial charge in [-0.15, -0.1) is 0 Å². The molecule has 0 unspecified atom stereocenters. The van der Waals surface area contributed by atoms with E-state index in [-0.39, 0.29) is 28.5 Å². The summed E-state index contributed by atoms with van der Waals surface area (Å²) in [5, 5.41) is 2.40. The largest absolute Gasteiger partial charge is 0.458 e. The monoisotopic (exact) mass is 1190 g/mol. The van der Waals surface area contributed by atoms with Crippen LogP contribution < -0.4 is 35.8 Å². The first kappa shape index (κ1) is 53.5. The van der Waals surface area contributed by atoms with Gasteiger partial charge in [-0.05, 0) is 243 Å². The summed E-state index contributed by atoms with van der Waals surface area (Å²) in [4.78, 5) is 7.04. The van der Waals surface area contributed by atoms with Gasteiger partial charge >= 0.3 is 0 Å². The lowest BCUT2D eigenvalue weighted by atomic mass is 9.34. The van der Waals surface area contributed by atoms with Crippen LogP contribution in [0.2, 0.25) is 0 Å². The van der Waals surface area contributed by atoms with Gasteiger partial charge in [0, 0.05) is 77.2 Å². The molecule has 0 fully saturated rings. The summed E-state index contributed by atoms with van der Waals surface area (Å²) in [6.45, 7) is 20.1. The average Bonchev–Trinajstić information content (AvgIpc) is 1.67. The molecule has 0 N–H and O–H groups in total. The Balaban J connectivity index is 0.798. The number of hydrogen-bond donors (Lipinski definition) is 0. The Morgan fingerprint density at radius 2 is 1.01 bits per heavy atom. The smallest absolute Gasteiger partial charge is 0.256 e. The highest BCUT2D eigenvalue weighted by molar-refractivity contribution is 6.99. The van der Waals surface area contributed by atoms with E-state index in [1.165, 1.54) is 49.7 Å². The number of aromatic nitrogens is 1. The molecule has 1 aliphatic carbocycles. The van der Waals surface area contributed by atoms with E-state index >= 15 is 0 Å². The molecule has 3 heterocycles. The number of rotatable bonds is 9. The molecular weight excluding hydrogens is 1120 g/mol. The molecule has 0 bridgehead atoms. The highest BCUT2D eigenvalue weighted by Gasteiger charge is 2.45. The van der Waals surface area contributed by atoms with E-state index in [1.54, 1.807) is 6.07 Å². The third-order valence-electron chi connectivity index (χ3n) is 19.8. The van der Waals surface area contributed by atoms with E-state index < -0.39 is 6.85 Å². The summed E-state index contributed by atoms with van der Waals surface area (Å²) in [6, 6.07) is 92.2. The molecule has 92 heavy (non-hydrogen) atoms. The van der Waals surface area contributed by atoms with Crippen molar-refractivity contribution in [2.24, 2.45) is 0 Å². The number of anilines is 9. The first-order chi connectivity index (χ1) is 45.6. The normalized spacial score (nSPS) is 14.1. The third-order valence-corrected chi connectivity index (χ3v) is 19.8. The molecule has 16 rings (SSSR count). The van der Waals surface area contributed by atoms with Crippen molar-refractivity contribution < 1.29 is 8.85 Å². The van der Waals surface area contributed by atoms with Gasteiger partial charge in [-0.25, -0.2) is 0 Å². The molecule has 13 aromatic rings. The van der Waals surface area contributed by atoms with Crippen LogP contribution in [-0.2, 0) is 16.2 Å². The fraction of sp³-hybridized carbons (Fsp3) is 0.163. The van der Waals surface area contributed by atoms with E-state index in [0.29, 0.717) is 5.75 Å². The summed E-state index contributed by atoms with van der Waals surface area (Å²) in [5.74, 6) is 1.31. The topological polar surface area (TPSA) is 23.9 Å². The van der Waals surface area contributed by atoms with Crippen LogP contribution >= 0.6 is 0 Å². The molecule has 448 valence electrons. The fourth-order valence-electron chi connectivity index (χ4n) is 15.3. The molecule has 0 saturated heterocycles. The standard InChI is InChI=1S/C86H75BN4O/c1-54-45-79-83-81(46-54)92-80-52-70-68-42-40-66(88(60-23-15-12-16-24-60)61-25-17-13-18-26-61)51-72(68)86(10,11)73(70)53-75(80)87(83)74-43-35-59(85(7,8)9)49-78(74)91(79)64-36-31-57(32-37-64)82-55(2)47-67(48-56(82)3)89(63-38-33-58(34-39-63)84(4,5)6)65-41-44-77-71(50-65)69-29-21-22-30-76(69)90(77)62-27-19-14-20-28-62/h12-53H,1-11H3/i1D3. The first-order valence-electron chi connectivity index (χ1n) is 33.8. The minimum absolute atomic E-state index is 0.00197. The third kappa shape index (κ3) is 9.20. The van der Waals surface area contributed by atoms with E-state index in [2.05, 4.69) is 331 Å². The van der Waals surface area contributed by atoms with Gasteiger partial charge in [-0.1, -0.05) is 177 Å². The predicted octanol–water partition coefficient (Wildman–Crippen LogP) is 21.6. The lowest BCUT2D eigenvalue weighted by Gasteiger charge is -2.41. The van der Waals surface area contributed by atoms with Crippen molar-refractivity contribution >= 4 is 96.1 Å². The van der Waals surface area contributed by atoms with Gasteiger partial charge in [-0.3, -0.25) is 0 Å². The SMILES string of the molecule is [2H]C([2H])([2H])c1cc2c3c(c1)N(c1ccc(-c4c(C)cc(N(c5ccc(C(C)(C)C)cc5)c5ccc6c(c5)c5ccccc5n6-c5ccccc5)cc4C)cc1)c1cc(C(C)(C)C)ccc1B3c1cc3c(cc1O2)-c1ccc(N(c2ccccc2)c2ccccc2)cc1C3(C)C. The number of ether oxygens (including phenoxy) is 1. The number of aryl methyl sites for hydroxylation is 3. The van der Waals surface area contributed by atoms with Crippen LogP contribution in [0.3, 0.4) is 0 Å². The van der Waals surface area contributed by atoms with Gasteiger partial charge in [0.15, 0.2) is 0 Å². The van der Waals surface area contributed by atoms with Crippen molar-refractivity contribution in [2.75, 3.05) is 14.7 Å². The second kappa shape index (κ2) is 21.1. The minimum atomic E-state index is -2.41. The summed E-state index contributed by atoms with van der Waals surface area (Å²) >= 11 is 0. The second-order valence-electron chi connectivity index (χ2n) is 28.1. The second-order valence-corrected chi connectivity index (χ2v) is 28.1. The summed E-state index contributed by atoms with van der Waals surface area (Å²) in [7, 11) is 0. The van der Waals surface area contributed by atoms with Crippen LogP contribution in [0.4, 0.5) is 51.2 Å². The molecule has 6 heteroatoms. The molecule has 3 aliphatic rings. The molecule has 0 saturated carbocycles. The maximum Gasteiger partial charge on any atom is 0.256 e. The van der Waals surface area contributed by atoms with E-state index in [1.807, 2.05) is 6.07 Å². The zero-order chi connectivity index (χ0) is 65.6. The van der Waals surface area contributed by atoms with Crippen molar-refractivity contribution in [2.45, 2.75) is 92.3 Å². The molecule has 0 atom stereocenters. The van der Waals surface area contributed by atoms with Crippen LogP contribution in [-0.4, -0.2) is 11.3 Å². The van der Waals surface area contributed by atoms with Crippen molar-refractivity contribution in [3.8, 4) is 39.4 Å². The van der Waals surface area contributed by atoms with Crippen LogP contribution in [0.1, 0.15) is 98.4 Å². The van der Waals surface area contributed by atoms with Crippen LogP contribution in [0.25, 0.3) is 49.7 Å². The van der Waals surface area contributed by atoms with Crippen molar-refractivity contribution in [1.29, 1.82) is 0 Å². The zero-order valence-electron chi connectivity index (χ0n) is 57.0. The zero-order valence-corrected chi connectivity index (χ0v) is 54.0. The van der Waals surface area contributed by atoms with E-state index in [4.69, 9.17) is 8.85 Å². The van der Waals surface area contributed by atoms with Gasteiger partial charge in [0.1, 0.15) is 11.5 Å². The highest BCUT2D eigenvalue weighted by Crippen LogP contribution is 2.53. The van der Waals surface area contributed by atoms with Gasteiger partial charge in [0.25, 0.3) is 6.71 Å². The Labute approximate surface area is 546 Å². The fourth-order valence-corrected chi connectivity index (χ4v) is 15.3. The Bertz CT molecular complexity index is 5160. The molecule has 0 amide bonds.